The maximum absolute atomic E-state index is 12.8. The van der Waals surface area contributed by atoms with E-state index in [1.54, 1.807) is 12.1 Å². The van der Waals surface area contributed by atoms with Crippen LogP contribution in [-0.2, 0) is 0 Å². The summed E-state index contributed by atoms with van der Waals surface area (Å²) < 4.78 is 12.8. The molecule has 2 nitrogen and oxygen atoms in total. The van der Waals surface area contributed by atoms with Crippen LogP contribution < -0.4 is 10.6 Å². The van der Waals surface area contributed by atoms with Crippen molar-refractivity contribution in [3.05, 3.63) is 40.8 Å². The number of rotatable bonds is 2. The lowest BCUT2D eigenvalue weighted by Gasteiger charge is -2.07. The van der Waals surface area contributed by atoms with Crippen LogP contribution in [0, 0.1) is 5.82 Å². The molecule has 1 aliphatic rings. The molecule has 0 unspecified atom stereocenters. The van der Waals surface area contributed by atoms with Gasteiger partial charge in [0.05, 0.1) is 5.02 Å². The van der Waals surface area contributed by atoms with E-state index in [4.69, 9.17) is 11.6 Å². The molecule has 2 N–H and O–H groups in total. The second kappa shape index (κ2) is 3.98. The number of anilines is 1. The topological polar surface area (TPSA) is 24.1 Å². The summed E-state index contributed by atoms with van der Waals surface area (Å²) in [5.74, 6) is -0.393. The van der Waals surface area contributed by atoms with Crippen molar-refractivity contribution < 1.29 is 4.39 Å². The van der Waals surface area contributed by atoms with Gasteiger partial charge in [0.1, 0.15) is 5.82 Å². The molecule has 0 spiro atoms. The van der Waals surface area contributed by atoms with E-state index >= 15 is 0 Å². The molecule has 0 bridgehead atoms. The quantitative estimate of drug-likeness (QED) is 0.787. The maximum Gasteiger partial charge on any atom is 0.141 e. The summed E-state index contributed by atoms with van der Waals surface area (Å²) in [4.78, 5) is 0. The Bertz CT molecular complexity index is 376. The zero-order chi connectivity index (χ0) is 9.97. The molecule has 74 valence electrons. The molecule has 0 aromatic heterocycles. The first-order chi connectivity index (χ1) is 6.75. The van der Waals surface area contributed by atoms with Crippen LogP contribution in [0.2, 0.25) is 5.02 Å². The van der Waals surface area contributed by atoms with E-state index in [0.717, 1.165) is 24.5 Å². The molecule has 2 rings (SSSR count). The standard InChI is InChI=1S/C10H10ClFN2/c11-9-5-7(1-2-10(9)12)14-8-3-4-13-6-8/h1-3,5,13-14H,4,6H2. The van der Waals surface area contributed by atoms with Crippen LogP contribution in [0.5, 0.6) is 0 Å². The Labute approximate surface area is 86.8 Å². The second-order valence-corrected chi connectivity index (χ2v) is 3.52. The predicted molar refractivity (Wildman–Crippen MR) is 56.0 cm³/mol. The third-order valence-electron chi connectivity index (χ3n) is 2.03. The molecule has 1 aromatic carbocycles. The van der Waals surface area contributed by atoms with Crippen LogP contribution in [0.3, 0.4) is 0 Å². The molecular formula is C10H10ClFN2. The number of hydrogen-bond acceptors (Lipinski definition) is 2. The molecular weight excluding hydrogens is 203 g/mol. The van der Waals surface area contributed by atoms with Gasteiger partial charge in [-0.15, -0.1) is 0 Å². The van der Waals surface area contributed by atoms with Gasteiger partial charge in [0, 0.05) is 24.5 Å². The van der Waals surface area contributed by atoms with E-state index < -0.39 is 5.82 Å². The average molecular weight is 213 g/mol. The molecule has 0 atom stereocenters. The molecule has 0 saturated heterocycles. The fourth-order valence-electron chi connectivity index (χ4n) is 1.33. The monoisotopic (exact) mass is 212 g/mol. The molecule has 0 radical (unpaired) electrons. The highest BCUT2D eigenvalue weighted by Gasteiger charge is 2.05. The van der Waals surface area contributed by atoms with Crippen LogP contribution >= 0.6 is 11.6 Å². The number of hydrogen-bond donors (Lipinski definition) is 2. The average Bonchev–Trinajstić information content (AvgIpc) is 2.64. The van der Waals surface area contributed by atoms with Gasteiger partial charge in [-0.05, 0) is 18.2 Å². The highest BCUT2D eigenvalue weighted by atomic mass is 35.5. The van der Waals surface area contributed by atoms with Gasteiger partial charge in [-0.3, -0.25) is 0 Å². The van der Waals surface area contributed by atoms with Gasteiger partial charge < -0.3 is 10.6 Å². The Morgan fingerprint density at radius 2 is 2.29 bits per heavy atom. The Balaban J connectivity index is 2.13. The summed E-state index contributed by atoms with van der Waals surface area (Å²) in [6.07, 6.45) is 2.05. The van der Waals surface area contributed by atoms with Crippen molar-refractivity contribution in [2.75, 3.05) is 18.4 Å². The third-order valence-corrected chi connectivity index (χ3v) is 2.32. The molecule has 0 saturated carbocycles. The minimum atomic E-state index is -0.393. The first-order valence-corrected chi connectivity index (χ1v) is 4.75. The van der Waals surface area contributed by atoms with Crippen molar-refractivity contribution in [3.8, 4) is 0 Å². The summed E-state index contributed by atoms with van der Waals surface area (Å²) in [5, 5.41) is 6.45. The highest BCUT2D eigenvalue weighted by Crippen LogP contribution is 2.20. The Kier molecular flexibility index (Phi) is 2.70. The van der Waals surface area contributed by atoms with E-state index in [-0.39, 0.29) is 5.02 Å². The lowest BCUT2D eigenvalue weighted by Crippen LogP contribution is -2.11. The van der Waals surface area contributed by atoms with Gasteiger partial charge in [0.2, 0.25) is 0 Å². The van der Waals surface area contributed by atoms with E-state index in [2.05, 4.69) is 16.7 Å². The summed E-state index contributed by atoms with van der Waals surface area (Å²) in [7, 11) is 0. The summed E-state index contributed by atoms with van der Waals surface area (Å²) >= 11 is 5.65. The van der Waals surface area contributed by atoms with Crippen molar-refractivity contribution in [2.45, 2.75) is 0 Å². The van der Waals surface area contributed by atoms with Gasteiger partial charge in [0.15, 0.2) is 0 Å². The normalized spacial score (nSPS) is 15.4. The summed E-state index contributed by atoms with van der Waals surface area (Å²) in [6.45, 7) is 1.69. The highest BCUT2D eigenvalue weighted by molar-refractivity contribution is 6.31. The molecule has 4 heteroatoms. The minimum absolute atomic E-state index is 0.140. The van der Waals surface area contributed by atoms with Crippen LogP contribution in [0.4, 0.5) is 10.1 Å². The van der Waals surface area contributed by atoms with Crippen LogP contribution in [-0.4, -0.2) is 13.1 Å². The van der Waals surface area contributed by atoms with Crippen molar-refractivity contribution >= 4 is 17.3 Å². The fourth-order valence-corrected chi connectivity index (χ4v) is 1.51. The smallest absolute Gasteiger partial charge is 0.141 e. The van der Waals surface area contributed by atoms with Crippen molar-refractivity contribution in [1.29, 1.82) is 0 Å². The van der Waals surface area contributed by atoms with Crippen LogP contribution in [0.1, 0.15) is 0 Å². The van der Waals surface area contributed by atoms with Gasteiger partial charge in [-0.2, -0.15) is 0 Å². The molecule has 1 aromatic rings. The predicted octanol–water partition coefficient (Wildman–Crippen LogP) is 2.38. The number of halogens is 2. The SMILES string of the molecule is Fc1ccc(NC2=CCNC2)cc1Cl. The first kappa shape index (κ1) is 9.49. The summed E-state index contributed by atoms with van der Waals surface area (Å²) in [5.41, 5.74) is 1.90. The third kappa shape index (κ3) is 2.05. The Morgan fingerprint density at radius 3 is 2.93 bits per heavy atom. The number of nitrogens with one attached hydrogen (secondary N) is 2. The van der Waals surface area contributed by atoms with Crippen LogP contribution in [0.15, 0.2) is 30.0 Å². The Morgan fingerprint density at radius 1 is 1.43 bits per heavy atom. The first-order valence-electron chi connectivity index (χ1n) is 4.37. The van der Waals surface area contributed by atoms with Gasteiger partial charge in [-0.1, -0.05) is 17.7 Å². The zero-order valence-electron chi connectivity index (χ0n) is 7.48. The number of benzene rings is 1. The van der Waals surface area contributed by atoms with Gasteiger partial charge in [-0.25, -0.2) is 4.39 Å². The van der Waals surface area contributed by atoms with E-state index in [9.17, 15) is 4.39 Å². The summed E-state index contributed by atoms with van der Waals surface area (Å²) in [6, 6.07) is 4.60. The second-order valence-electron chi connectivity index (χ2n) is 3.11. The van der Waals surface area contributed by atoms with E-state index in [0.29, 0.717) is 0 Å². The van der Waals surface area contributed by atoms with Gasteiger partial charge >= 0.3 is 0 Å². The van der Waals surface area contributed by atoms with Crippen molar-refractivity contribution in [3.63, 3.8) is 0 Å². The molecule has 1 heterocycles. The zero-order valence-corrected chi connectivity index (χ0v) is 8.24. The molecule has 0 aliphatic carbocycles. The maximum atomic E-state index is 12.8. The van der Waals surface area contributed by atoms with Crippen LogP contribution in [0.25, 0.3) is 0 Å². The molecule has 0 amide bonds. The molecule has 1 aliphatic heterocycles. The molecule has 0 fully saturated rings. The lowest BCUT2D eigenvalue weighted by molar-refractivity contribution is 0.628. The lowest BCUT2D eigenvalue weighted by atomic mass is 10.3. The minimum Gasteiger partial charge on any atom is -0.358 e. The largest absolute Gasteiger partial charge is 0.358 e. The van der Waals surface area contributed by atoms with E-state index in [1.165, 1.54) is 6.07 Å². The van der Waals surface area contributed by atoms with Gasteiger partial charge in [0.25, 0.3) is 0 Å². The fraction of sp³-hybridized carbons (Fsp3) is 0.200. The van der Waals surface area contributed by atoms with E-state index in [1.807, 2.05) is 0 Å². The Hall–Kier alpha value is -1.06. The van der Waals surface area contributed by atoms with Crippen molar-refractivity contribution in [2.24, 2.45) is 0 Å². The molecule has 14 heavy (non-hydrogen) atoms. The van der Waals surface area contributed by atoms with Crippen molar-refractivity contribution in [1.82, 2.24) is 5.32 Å².